The third-order valence-electron chi connectivity index (χ3n) is 2.23. The first-order valence-corrected chi connectivity index (χ1v) is 5.70. The molecule has 0 bridgehead atoms. The van der Waals surface area contributed by atoms with Crippen molar-refractivity contribution in [2.24, 2.45) is 0 Å². The van der Waals surface area contributed by atoms with Crippen molar-refractivity contribution in [2.75, 3.05) is 13.2 Å². The van der Waals surface area contributed by atoms with Gasteiger partial charge in [0.25, 0.3) is 0 Å². The summed E-state index contributed by atoms with van der Waals surface area (Å²) in [6, 6.07) is 4.09. The van der Waals surface area contributed by atoms with Gasteiger partial charge in [-0.2, -0.15) is 0 Å². The molecule has 0 atom stereocenters. The highest BCUT2D eigenvalue weighted by atomic mass is 16.7. The summed E-state index contributed by atoms with van der Waals surface area (Å²) in [6.45, 7) is 6.46. The first kappa shape index (κ1) is 12.3. The number of aromatic nitrogens is 1. The summed E-state index contributed by atoms with van der Waals surface area (Å²) in [4.78, 5) is 0. The van der Waals surface area contributed by atoms with Crippen molar-refractivity contribution in [3.05, 3.63) is 24.5 Å². The molecule has 0 fully saturated rings. The van der Waals surface area contributed by atoms with Crippen molar-refractivity contribution in [3.63, 3.8) is 0 Å². The van der Waals surface area contributed by atoms with Gasteiger partial charge in [-0.3, -0.25) is 0 Å². The van der Waals surface area contributed by atoms with Gasteiger partial charge in [-0.25, -0.2) is 0 Å². The second-order valence-corrected chi connectivity index (χ2v) is 3.40. The van der Waals surface area contributed by atoms with Crippen LogP contribution >= 0.6 is 0 Å². The molecule has 86 valence electrons. The van der Waals surface area contributed by atoms with E-state index in [0.717, 1.165) is 19.4 Å². The molecule has 3 heteroatoms. The lowest BCUT2D eigenvalue weighted by molar-refractivity contribution is -0.140. The van der Waals surface area contributed by atoms with E-state index >= 15 is 0 Å². The highest BCUT2D eigenvalue weighted by Gasteiger charge is 2.06. The Morgan fingerprint density at radius 1 is 1.07 bits per heavy atom. The van der Waals surface area contributed by atoms with Crippen molar-refractivity contribution in [1.82, 2.24) is 4.57 Å². The second-order valence-electron chi connectivity index (χ2n) is 3.40. The van der Waals surface area contributed by atoms with E-state index in [4.69, 9.17) is 9.47 Å². The number of nitrogens with zero attached hydrogens (tertiary/aromatic N) is 1. The van der Waals surface area contributed by atoms with Crippen LogP contribution in [-0.4, -0.2) is 24.1 Å². The SMILES string of the molecule is CCOC(CCCn1cccc1)OCC. The van der Waals surface area contributed by atoms with Gasteiger partial charge in [0.1, 0.15) is 0 Å². The van der Waals surface area contributed by atoms with Crippen molar-refractivity contribution < 1.29 is 9.47 Å². The number of aryl methyl sites for hydroxylation is 1. The lowest BCUT2D eigenvalue weighted by Crippen LogP contribution is -2.17. The van der Waals surface area contributed by atoms with Gasteiger partial charge in [-0.1, -0.05) is 0 Å². The molecule has 3 nitrogen and oxygen atoms in total. The molecular weight excluding hydrogens is 190 g/mol. The van der Waals surface area contributed by atoms with Crippen molar-refractivity contribution >= 4 is 0 Å². The van der Waals surface area contributed by atoms with Crippen molar-refractivity contribution in [3.8, 4) is 0 Å². The summed E-state index contributed by atoms with van der Waals surface area (Å²) in [5, 5.41) is 0. The third-order valence-corrected chi connectivity index (χ3v) is 2.23. The van der Waals surface area contributed by atoms with Gasteiger partial charge in [0.05, 0.1) is 0 Å². The van der Waals surface area contributed by atoms with Crippen LogP contribution in [0.2, 0.25) is 0 Å². The zero-order valence-electron chi connectivity index (χ0n) is 9.69. The lowest BCUT2D eigenvalue weighted by atomic mass is 10.3. The summed E-state index contributed by atoms with van der Waals surface area (Å²) >= 11 is 0. The quantitative estimate of drug-likeness (QED) is 0.617. The molecule has 0 aliphatic rings. The average molecular weight is 211 g/mol. The molecule has 0 saturated heterocycles. The van der Waals surface area contributed by atoms with Crippen molar-refractivity contribution in [1.29, 1.82) is 0 Å². The molecule has 0 unspecified atom stereocenters. The summed E-state index contributed by atoms with van der Waals surface area (Å²) in [6.07, 6.45) is 6.17. The fourth-order valence-corrected chi connectivity index (χ4v) is 1.55. The molecule has 1 heterocycles. The molecule has 1 aromatic rings. The van der Waals surface area contributed by atoms with Gasteiger partial charge >= 0.3 is 0 Å². The summed E-state index contributed by atoms with van der Waals surface area (Å²) < 4.78 is 13.1. The maximum Gasteiger partial charge on any atom is 0.157 e. The number of rotatable bonds is 8. The molecule has 0 N–H and O–H groups in total. The third kappa shape index (κ3) is 5.00. The molecule has 0 saturated carbocycles. The molecule has 1 rings (SSSR count). The fraction of sp³-hybridized carbons (Fsp3) is 0.667. The Bertz CT molecular complexity index is 228. The van der Waals surface area contributed by atoms with E-state index in [1.807, 2.05) is 26.0 Å². The normalized spacial score (nSPS) is 11.1. The van der Waals surface area contributed by atoms with Crippen LogP contribution in [-0.2, 0) is 16.0 Å². The van der Waals surface area contributed by atoms with Gasteiger partial charge in [0, 0.05) is 38.6 Å². The topological polar surface area (TPSA) is 23.4 Å². The van der Waals surface area contributed by atoms with Crippen LogP contribution in [0.5, 0.6) is 0 Å². The molecule has 0 aliphatic carbocycles. The number of hydrogen-bond donors (Lipinski definition) is 0. The Morgan fingerprint density at radius 3 is 2.20 bits per heavy atom. The Kier molecular flexibility index (Phi) is 6.12. The molecule has 15 heavy (non-hydrogen) atoms. The summed E-state index contributed by atoms with van der Waals surface area (Å²) in [5.74, 6) is 0. The van der Waals surface area contributed by atoms with Gasteiger partial charge in [-0.15, -0.1) is 0 Å². The molecule has 0 amide bonds. The van der Waals surface area contributed by atoms with Gasteiger partial charge in [0.15, 0.2) is 6.29 Å². The van der Waals surface area contributed by atoms with E-state index in [2.05, 4.69) is 17.0 Å². The Hall–Kier alpha value is -0.800. The minimum atomic E-state index is -0.0319. The van der Waals surface area contributed by atoms with Crippen LogP contribution in [0.1, 0.15) is 26.7 Å². The molecule has 1 aromatic heterocycles. The van der Waals surface area contributed by atoms with Crippen LogP contribution in [0.4, 0.5) is 0 Å². The van der Waals surface area contributed by atoms with E-state index in [0.29, 0.717) is 13.2 Å². The molecule has 0 aromatic carbocycles. The molecular formula is C12H21NO2. The zero-order valence-corrected chi connectivity index (χ0v) is 9.69. The largest absolute Gasteiger partial charge is 0.354 e. The van der Waals surface area contributed by atoms with E-state index in [1.54, 1.807) is 0 Å². The van der Waals surface area contributed by atoms with Crippen LogP contribution in [0.25, 0.3) is 0 Å². The monoisotopic (exact) mass is 211 g/mol. The minimum Gasteiger partial charge on any atom is -0.354 e. The number of hydrogen-bond acceptors (Lipinski definition) is 2. The molecule has 0 aliphatic heterocycles. The first-order valence-electron chi connectivity index (χ1n) is 5.70. The first-order chi connectivity index (χ1) is 7.36. The van der Waals surface area contributed by atoms with Crippen LogP contribution < -0.4 is 0 Å². The highest BCUT2D eigenvalue weighted by molar-refractivity contribution is 4.89. The molecule has 0 radical (unpaired) electrons. The summed E-state index contributed by atoms with van der Waals surface area (Å²) in [5.41, 5.74) is 0. The maximum atomic E-state index is 5.47. The predicted octanol–water partition coefficient (Wildman–Crippen LogP) is 2.67. The van der Waals surface area contributed by atoms with E-state index < -0.39 is 0 Å². The van der Waals surface area contributed by atoms with E-state index in [-0.39, 0.29) is 6.29 Å². The number of ether oxygens (including phenoxy) is 2. The smallest absolute Gasteiger partial charge is 0.157 e. The lowest BCUT2D eigenvalue weighted by Gasteiger charge is -2.16. The second kappa shape index (κ2) is 7.49. The average Bonchev–Trinajstić information content (AvgIpc) is 2.71. The van der Waals surface area contributed by atoms with E-state index in [1.165, 1.54) is 0 Å². The molecule has 0 spiro atoms. The van der Waals surface area contributed by atoms with Crippen LogP contribution in [0.3, 0.4) is 0 Å². The zero-order chi connectivity index (χ0) is 10.9. The summed E-state index contributed by atoms with van der Waals surface area (Å²) in [7, 11) is 0. The van der Waals surface area contributed by atoms with Crippen molar-refractivity contribution in [2.45, 2.75) is 39.5 Å². The Balaban J connectivity index is 2.15. The standard InChI is InChI=1S/C12H21NO2/c1-3-14-12(15-4-2)8-7-11-13-9-5-6-10-13/h5-6,9-10,12H,3-4,7-8,11H2,1-2H3. The highest BCUT2D eigenvalue weighted by Crippen LogP contribution is 2.06. The van der Waals surface area contributed by atoms with E-state index in [9.17, 15) is 0 Å². The van der Waals surface area contributed by atoms with Crippen LogP contribution in [0, 0.1) is 0 Å². The Morgan fingerprint density at radius 2 is 1.67 bits per heavy atom. The van der Waals surface area contributed by atoms with Gasteiger partial charge in [-0.05, 0) is 32.4 Å². The Labute approximate surface area is 92.0 Å². The van der Waals surface area contributed by atoms with Gasteiger partial charge < -0.3 is 14.0 Å². The maximum absolute atomic E-state index is 5.47. The fourth-order valence-electron chi connectivity index (χ4n) is 1.55. The van der Waals surface area contributed by atoms with Gasteiger partial charge in [0.2, 0.25) is 0 Å². The van der Waals surface area contributed by atoms with Crippen LogP contribution in [0.15, 0.2) is 24.5 Å². The predicted molar refractivity (Wildman–Crippen MR) is 60.7 cm³/mol. The minimum absolute atomic E-state index is 0.0319.